The van der Waals surface area contributed by atoms with E-state index in [9.17, 15) is 0 Å². The molecular weight excluding hydrogens is 454 g/mol. The van der Waals surface area contributed by atoms with Crippen molar-refractivity contribution in [3.8, 4) is 23.0 Å². The summed E-state index contributed by atoms with van der Waals surface area (Å²) in [5.74, 6) is 1.10. The van der Waals surface area contributed by atoms with Gasteiger partial charge in [0.15, 0.2) is 5.65 Å². The van der Waals surface area contributed by atoms with E-state index in [0.717, 1.165) is 48.2 Å². The lowest BCUT2D eigenvalue weighted by molar-refractivity contribution is 0.0815. The molecule has 10 nitrogen and oxygen atoms in total. The molecule has 1 saturated carbocycles. The molecule has 2 fully saturated rings. The number of nitrogen functional groups attached to an aromatic ring is 1. The third-order valence-electron chi connectivity index (χ3n) is 7.46. The molecule has 186 valence electrons. The minimum atomic E-state index is 0.303. The lowest BCUT2D eigenvalue weighted by atomic mass is 9.90. The average molecular weight is 486 g/mol. The molecule has 10 heteroatoms. The number of likely N-dealkylation sites (N-methyl/N-ethyl adjacent to an activating group) is 1. The number of hydrogen-bond acceptors (Lipinski definition) is 9. The van der Waals surface area contributed by atoms with Gasteiger partial charge in [-0.2, -0.15) is 5.10 Å². The number of rotatable bonds is 5. The minimum Gasteiger partial charge on any atom is -0.424 e. The van der Waals surface area contributed by atoms with Gasteiger partial charge in [0.1, 0.15) is 23.6 Å². The highest BCUT2D eigenvalue weighted by atomic mass is 16.5. The standard InChI is InChI=1S/C26H31N9O/c1-33-13-15-34(16-14-33)19-5-7-20(8-6-19)35-25-22(24(27)30-17-31-25)23(32-35)18-3-9-21(10-4-18)36-26-28-11-2-12-29-26/h2-4,9-12,17,19-20H,5-8,13-16H2,1H3,(H2,27,30,31)/t19-,20-. The maximum atomic E-state index is 6.34. The molecule has 0 unspecified atom stereocenters. The van der Waals surface area contributed by atoms with Gasteiger partial charge in [-0.1, -0.05) is 0 Å². The molecule has 0 atom stereocenters. The monoisotopic (exact) mass is 485 g/mol. The zero-order chi connectivity index (χ0) is 24.5. The Bertz CT molecular complexity index is 1310. The smallest absolute Gasteiger partial charge is 0.321 e. The summed E-state index contributed by atoms with van der Waals surface area (Å²) in [6.07, 6.45) is 9.36. The first-order chi connectivity index (χ1) is 17.7. The van der Waals surface area contributed by atoms with Gasteiger partial charge in [-0.05, 0) is 63.1 Å². The van der Waals surface area contributed by atoms with E-state index in [1.807, 2.05) is 24.3 Å². The molecule has 6 rings (SSSR count). The molecule has 1 aromatic carbocycles. The van der Waals surface area contributed by atoms with Crippen molar-refractivity contribution < 1.29 is 4.74 Å². The van der Waals surface area contributed by atoms with Crippen LogP contribution in [0.1, 0.15) is 31.7 Å². The van der Waals surface area contributed by atoms with Crippen LogP contribution >= 0.6 is 0 Å². The summed E-state index contributed by atoms with van der Waals surface area (Å²) in [6, 6.07) is 10.7. The van der Waals surface area contributed by atoms with Crippen LogP contribution in [0.5, 0.6) is 11.8 Å². The predicted molar refractivity (Wildman–Crippen MR) is 138 cm³/mol. The van der Waals surface area contributed by atoms with Crippen LogP contribution in [0.3, 0.4) is 0 Å². The van der Waals surface area contributed by atoms with E-state index in [0.29, 0.717) is 29.7 Å². The van der Waals surface area contributed by atoms with Crippen molar-refractivity contribution >= 4 is 16.9 Å². The second-order valence-corrected chi connectivity index (χ2v) is 9.71. The second kappa shape index (κ2) is 9.79. The highest BCUT2D eigenvalue weighted by molar-refractivity contribution is 5.98. The molecule has 0 radical (unpaired) electrons. The lowest BCUT2D eigenvalue weighted by Crippen LogP contribution is -2.49. The maximum absolute atomic E-state index is 6.34. The van der Waals surface area contributed by atoms with Crippen LogP contribution in [0, 0.1) is 0 Å². The Labute approximate surface area is 210 Å². The van der Waals surface area contributed by atoms with Crippen molar-refractivity contribution in [1.29, 1.82) is 0 Å². The van der Waals surface area contributed by atoms with Crippen molar-refractivity contribution in [1.82, 2.24) is 39.5 Å². The summed E-state index contributed by atoms with van der Waals surface area (Å²) in [7, 11) is 2.21. The fraction of sp³-hybridized carbons (Fsp3) is 0.423. The van der Waals surface area contributed by atoms with Crippen LogP contribution in [0.4, 0.5) is 5.82 Å². The Balaban J connectivity index is 1.24. The van der Waals surface area contributed by atoms with Gasteiger partial charge in [0.25, 0.3) is 0 Å². The minimum absolute atomic E-state index is 0.303. The van der Waals surface area contributed by atoms with Gasteiger partial charge in [0.2, 0.25) is 0 Å². The number of benzene rings is 1. The van der Waals surface area contributed by atoms with Crippen LogP contribution in [0.15, 0.2) is 49.1 Å². The first kappa shape index (κ1) is 22.8. The van der Waals surface area contributed by atoms with Crippen molar-refractivity contribution in [2.24, 2.45) is 0 Å². The Morgan fingerprint density at radius 1 is 0.861 bits per heavy atom. The van der Waals surface area contributed by atoms with E-state index in [4.69, 9.17) is 15.6 Å². The largest absolute Gasteiger partial charge is 0.424 e. The Morgan fingerprint density at radius 2 is 1.56 bits per heavy atom. The molecule has 4 heterocycles. The zero-order valence-corrected chi connectivity index (χ0v) is 20.5. The van der Waals surface area contributed by atoms with Crippen molar-refractivity contribution in [2.45, 2.75) is 37.8 Å². The van der Waals surface area contributed by atoms with Gasteiger partial charge in [-0.3, -0.25) is 4.90 Å². The molecule has 2 aliphatic rings. The van der Waals surface area contributed by atoms with Crippen LogP contribution in [0.2, 0.25) is 0 Å². The fourth-order valence-electron chi connectivity index (χ4n) is 5.43. The third-order valence-corrected chi connectivity index (χ3v) is 7.46. The van der Waals surface area contributed by atoms with Crippen molar-refractivity contribution in [3.05, 3.63) is 49.1 Å². The van der Waals surface area contributed by atoms with Gasteiger partial charge in [0.05, 0.1) is 11.4 Å². The summed E-state index contributed by atoms with van der Waals surface area (Å²) in [5.41, 5.74) is 8.88. The molecule has 36 heavy (non-hydrogen) atoms. The molecule has 1 aliphatic heterocycles. The average Bonchev–Trinajstić information content (AvgIpc) is 3.31. The Hall–Kier alpha value is -3.63. The van der Waals surface area contributed by atoms with E-state index in [1.165, 1.54) is 32.3 Å². The predicted octanol–water partition coefficient (Wildman–Crippen LogP) is 3.39. The number of nitrogens with two attached hydrogens (primary N) is 1. The number of piperazine rings is 1. The molecule has 0 amide bonds. The number of fused-ring (bicyclic) bond motifs is 1. The van der Waals surface area contributed by atoms with E-state index >= 15 is 0 Å². The summed E-state index contributed by atoms with van der Waals surface area (Å²) in [5, 5.41) is 5.86. The van der Waals surface area contributed by atoms with E-state index in [2.05, 4.69) is 41.5 Å². The molecule has 1 saturated heterocycles. The summed E-state index contributed by atoms with van der Waals surface area (Å²) in [6.45, 7) is 4.65. The summed E-state index contributed by atoms with van der Waals surface area (Å²) in [4.78, 5) is 22.2. The van der Waals surface area contributed by atoms with Gasteiger partial charge in [0, 0.05) is 50.2 Å². The van der Waals surface area contributed by atoms with Crippen LogP contribution in [-0.4, -0.2) is 78.8 Å². The van der Waals surface area contributed by atoms with Gasteiger partial charge in [-0.25, -0.2) is 24.6 Å². The van der Waals surface area contributed by atoms with Crippen molar-refractivity contribution in [2.75, 3.05) is 39.0 Å². The number of hydrogen-bond donors (Lipinski definition) is 1. The highest BCUT2D eigenvalue weighted by Crippen LogP contribution is 2.37. The molecular formula is C26H31N9O. The van der Waals surface area contributed by atoms with E-state index in [-0.39, 0.29) is 0 Å². The van der Waals surface area contributed by atoms with E-state index < -0.39 is 0 Å². The first-order valence-electron chi connectivity index (χ1n) is 12.6. The van der Waals surface area contributed by atoms with Gasteiger partial charge in [-0.15, -0.1) is 0 Å². The van der Waals surface area contributed by atoms with Crippen LogP contribution < -0.4 is 10.5 Å². The first-order valence-corrected chi connectivity index (χ1v) is 12.6. The van der Waals surface area contributed by atoms with Crippen molar-refractivity contribution in [3.63, 3.8) is 0 Å². The third kappa shape index (κ3) is 4.49. The number of anilines is 1. The zero-order valence-electron chi connectivity index (χ0n) is 20.5. The quantitative estimate of drug-likeness (QED) is 0.455. The topological polar surface area (TPSA) is 111 Å². The van der Waals surface area contributed by atoms with Crippen LogP contribution in [-0.2, 0) is 0 Å². The molecule has 4 aromatic rings. The molecule has 0 spiro atoms. The summed E-state index contributed by atoms with van der Waals surface area (Å²) >= 11 is 0. The molecule has 1 aliphatic carbocycles. The maximum Gasteiger partial charge on any atom is 0.321 e. The summed E-state index contributed by atoms with van der Waals surface area (Å²) < 4.78 is 7.83. The normalized spacial score (nSPS) is 21.6. The molecule has 0 bridgehead atoms. The number of ether oxygens (including phenoxy) is 1. The second-order valence-electron chi connectivity index (χ2n) is 9.71. The molecule has 3 aromatic heterocycles. The number of aromatic nitrogens is 6. The van der Waals surface area contributed by atoms with Gasteiger partial charge < -0.3 is 15.4 Å². The molecule has 2 N–H and O–H groups in total. The fourth-order valence-corrected chi connectivity index (χ4v) is 5.43. The Morgan fingerprint density at radius 3 is 2.28 bits per heavy atom. The Kier molecular flexibility index (Phi) is 6.20. The van der Waals surface area contributed by atoms with Gasteiger partial charge >= 0.3 is 6.01 Å². The SMILES string of the molecule is CN1CCN([C@H]2CC[C@H](n3nc(-c4ccc(Oc5ncccn5)cc4)c4c(N)ncnc43)CC2)CC1. The lowest BCUT2D eigenvalue weighted by Gasteiger charge is -2.41. The van der Waals surface area contributed by atoms with E-state index in [1.54, 1.807) is 18.5 Å². The van der Waals surface area contributed by atoms with Crippen LogP contribution in [0.25, 0.3) is 22.3 Å². The highest BCUT2D eigenvalue weighted by Gasteiger charge is 2.30. The number of nitrogens with zero attached hydrogens (tertiary/aromatic N) is 8.